The van der Waals surface area contributed by atoms with E-state index in [2.05, 4.69) is 30.1 Å². The number of aromatic nitrogens is 5. The van der Waals surface area contributed by atoms with E-state index in [0.717, 1.165) is 29.9 Å². The van der Waals surface area contributed by atoms with Crippen LogP contribution in [0.15, 0.2) is 42.6 Å². The van der Waals surface area contributed by atoms with Crippen LogP contribution in [0, 0.1) is 13.5 Å². The van der Waals surface area contributed by atoms with Crippen LogP contribution in [0.1, 0.15) is 29.6 Å². The SMILES string of the molecule is [C-]#[N+]c1ccc(/C=C/C(=O)N2CCN(Cc3ccc(OCCF)cn3)C[C@H]2C)c(Cn2nnc(C)n2)c1. The first-order valence-corrected chi connectivity index (χ1v) is 12.0. The predicted molar refractivity (Wildman–Crippen MR) is 136 cm³/mol. The third-order valence-corrected chi connectivity index (χ3v) is 6.05. The summed E-state index contributed by atoms with van der Waals surface area (Å²) in [6.07, 6.45) is 4.98. The van der Waals surface area contributed by atoms with Crippen LogP contribution in [-0.4, -0.2) is 79.9 Å². The highest BCUT2D eigenvalue weighted by atomic mass is 19.1. The number of carbonyl (C=O) groups excluding carboxylic acids is 1. The Labute approximate surface area is 215 Å². The van der Waals surface area contributed by atoms with Crippen molar-refractivity contribution in [2.24, 2.45) is 0 Å². The van der Waals surface area contributed by atoms with Crippen molar-refractivity contribution in [1.82, 2.24) is 35.0 Å². The summed E-state index contributed by atoms with van der Waals surface area (Å²) < 4.78 is 17.5. The highest BCUT2D eigenvalue weighted by Crippen LogP contribution is 2.21. The maximum Gasteiger partial charge on any atom is 0.246 e. The number of pyridine rings is 1. The van der Waals surface area contributed by atoms with Crippen LogP contribution >= 0.6 is 0 Å². The van der Waals surface area contributed by atoms with Crippen molar-refractivity contribution in [3.05, 3.63) is 76.7 Å². The van der Waals surface area contributed by atoms with Gasteiger partial charge in [-0.2, -0.15) is 4.80 Å². The lowest BCUT2D eigenvalue weighted by molar-refractivity contribution is -0.130. The summed E-state index contributed by atoms with van der Waals surface area (Å²) in [6.45, 7) is 13.7. The van der Waals surface area contributed by atoms with Crippen LogP contribution in [0.2, 0.25) is 0 Å². The van der Waals surface area contributed by atoms with Gasteiger partial charge in [-0.3, -0.25) is 14.7 Å². The summed E-state index contributed by atoms with van der Waals surface area (Å²) in [4.78, 5) is 26.6. The Hall–Kier alpha value is -4.17. The fourth-order valence-corrected chi connectivity index (χ4v) is 4.24. The number of hydrogen-bond donors (Lipinski definition) is 0. The molecule has 11 heteroatoms. The Kier molecular flexibility index (Phi) is 8.53. The maximum atomic E-state index is 13.0. The number of amides is 1. The highest BCUT2D eigenvalue weighted by molar-refractivity contribution is 5.92. The van der Waals surface area contributed by atoms with Crippen molar-refractivity contribution in [1.29, 1.82) is 0 Å². The standard InChI is InChI=1S/C26H29FN8O2/c1-19-16-33(18-24-7-8-25(15-29-24)37-13-10-27)11-12-34(19)26(36)9-5-21-4-6-23(28-3)14-22(21)17-35-31-20(2)30-32-35/h4-9,14-15,19H,10-13,16-18H2,1-2H3/b9-5+/t19-/m1/s1. The van der Waals surface area contributed by atoms with Crippen LogP contribution in [-0.2, 0) is 17.9 Å². The van der Waals surface area contributed by atoms with Gasteiger partial charge in [0.15, 0.2) is 11.5 Å². The number of alkyl halides is 1. The molecule has 1 aromatic carbocycles. The summed E-state index contributed by atoms with van der Waals surface area (Å²) in [5.41, 5.74) is 3.07. The molecule has 0 aliphatic carbocycles. The third kappa shape index (κ3) is 6.95. The molecule has 1 aliphatic heterocycles. The van der Waals surface area contributed by atoms with E-state index in [4.69, 9.17) is 11.3 Å². The zero-order chi connectivity index (χ0) is 26.2. The first-order chi connectivity index (χ1) is 17.9. The van der Waals surface area contributed by atoms with Gasteiger partial charge in [0, 0.05) is 38.3 Å². The molecular weight excluding hydrogens is 475 g/mol. The van der Waals surface area contributed by atoms with Crippen molar-refractivity contribution in [2.45, 2.75) is 33.0 Å². The molecule has 0 radical (unpaired) electrons. The molecule has 0 bridgehead atoms. The number of rotatable bonds is 9. The quantitative estimate of drug-likeness (QED) is 0.327. The summed E-state index contributed by atoms with van der Waals surface area (Å²) in [6, 6.07) is 9.06. The van der Waals surface area contributed by atoms with Crippen LogP contribution < -0.4 is 4.74 Å². The molecule has 1 amide bonds. The normalized spacial score (nSPS) is 16.2. The van der Waals surface area contributed by atoms with Crippen molar-refractivity contribution in [3.8, 4) is 5.75 Å². The third-order valence-electron chi connectivity index (χ3n) is 6.05. The lowest BCUT2D eigenvalue weighted by Gasteiger charge is -2.39. The van der Waals surface area contributed by atoms with Crippen LogP contribution in [0.25, 0.3) is 10.9 Å². The molecule has 1 aliphatic rings. The molecule has 4 rings (SSSR count). The summed E-state index contributed by atoms with van der Waals surface area (Å²) >= 11 is 0. The van der Waals surface area contributed by atoms with Gasteiger partial charge in [0.25, 0.3) is 0 Å². The summed E-state index contributed by atoms with van der Waals surface area (Å²) in [7, 11) is 0. The van der Waals surface area contributed by atoms with Gasteiger partial charge in [-0.05, 0) is 48.4 Å². The number of carbonyl (C=O) groups is 1. The zero-order valence-electron chi connectivity index (χ0n) is 20.9. The van der Waals surface area contributed by atoms with E-state index in [-0.39, 0.29) is 18.6 Å². The van der Waals surface area contributed by atoms with E-state index >= 15 is 0 Å². The number of ether oxygens (including phenoxy) is 1. The fourth-order valence-electron chi connectivity index (χ4n) is 4.24. The first kappa shape index (κ1) is 25.9. The molecule has 1 fully saturated rings. The average Bonchev–Trinajstić information content (AvgIpc) is 3.31. The van der Waals surface area contributed by atoms with Crippen LogP contribution in [0.5, 0.6) is 5.75 Å². The van der Waals surface area contributed by atoms with Crippen molar-refractivity contribution in [3.63, 3.8) is 0 Å². The summed E-state index contributed by atoms with van der Waals surface area (Å²) in [5.74, 6) is 1.06. The number of halogens is 1. The van der Waals surface area contributed by atoms with Gasteiger partial charge in [-0.25, -0.2) is 9.24 Å². The molecule has 10 nitrogen and oxygen atoms in total. The minimum atomic E-state index is -0.534. The van der Waals surface area contributed by atoms with Gasteiger partial charge in [-0.15, -0.1) is 10.2 Å². The number of tetrazole rings is 1. The van der Waals surface area contributed by atoms with E-state index < -0.39 is 6.67 Å². The molecule has 2 aromatic heterocycles. The second-order valence-corrected chi connectivity index (χ2v) is 8.83. The van der Waals surface area contributed by atoms with E-state index in [1.165, 1.54) is 4.80 Å². The molecule has 3 aromatic rings. The molecule has 1 saturated heterocycles. The lowest BCUT2D eigenvalue weighted by Crippen LogP contribution is -2.53. The minimum absolute atomic E-state index is 0.0231. The Morgan fingerprint density at radius 2 is 2.14 bits per heavy atom. The number of hydrogen-bond acceptors (Lipinski definition) is 7. The van der Waals surface area contributed by atoms with E-state index in [0.29, 0.717) is 36.9 Å². The molecule has 1 atom stereocenters. The van der Waals surface area contributed by atoms with Crippen LogP contribution in [0.3, 0.4) is 0 Å². The monoisotopic (exact) mass is 504 g/mol. The Bertz CT molecular complexity index is 1280. The van der Waals surface area contributed by atoms with Gasteiger partial charge in [-0.1, -0.05) is 18.2 Å². The topological polar surface area (TPSA) is 93.6 Å². The van der Waals surface area contributed by atoms with E-state index in [9.17, 15) is 9.18 Å². The molecule has 37 heavy (non-hydrogen) atoms. The van der Waals surface area contributed by atoms with Crippen molar-refractivity contribution in [2.75, 3.05) is 32.9 Å². The largest absolute Gasteiger partial charge is 0.489 e. The van der Waals surface area contributed by atoms with Gasteiger partial charge < -0.3 is 9.64 Å². The Morgan fingerprint density at radius 1 is 1.27 bits per heavy atom. The van der Waals surface area contributed by atoms with Crippen molar-refractivity contribution < 1.29 is 13.9 Å². The molecule has 0 unspecified atom stereocenters. The molecule has 0 N–H and O–H groups in total. The second-order valence-electron chi connectivity index (χ2n) is 8.83. The number of nitrogens with zero attached hydrogens (tertiary/aromatic N) is 8. The molecular formula is C26H29FN8O2. The molecule has 0 spiro atoms. The van der Waals surface area contributed by atoms with Gasteiger partial charge >= 0.3 is 0 Å². The second kappa shape index (κ2) is 12.2. The maximum absolute atomic E-state index is 13.0. The number of piperazine rings is 1. The Morgan fingerprint density at radius 3 is 2.81 bits per heavy atom. The minimum Gasteiger partial charge on any atom is -0.489 e. The van der Waals surface area contributed by atoms with Gasteiger partial charge in [0.2, 0.25) is 5.91 Å². The predicted octanol–water partition coefficient (Wildman–Crippen LogP) is 3.07. The van der Waals surface area contributed by atoms with Gasteiger partial charge in [0.05, 0.1) is 25.0 Å². The number of aryl methyl sites for hydroxylation is 1. The average molecular weight is 505 g/mol. The highest BCUT2D eigenvalue weighted by Gasteiger charge is 2.26. The number of benzene rings is 1. The van der Waals surface area contributed by atoms with Crippen LogP contribution in [0.4, 0.5) is 10.1 Å². The van der Waals surface area contributed by atoms with Crippen molar-refractivity contribution >= 4 is 17.7 Å². The smallest absolute Gasteiger partial charge is 0.246 e. The molecule has 192 valence electrons. The first-order valence-electron chi connectivity index (χ1n) is 12.0. The lowest BCUT2D eigenvalue weighted by atomic mass is 10.1. The fraction of sp³-hybridized carbons (Fsp3) is 0.385. The summed E-state index contributed by atoms with van der Waals surface area (Å²) in [5, 5.41) is 12.1. The zero-order valence-corrected chi connectivity index (χ0v) is 20.9. The molecule has 0 saturated carbocycles. The van der Waals surface area contributed by atoms with Gasteiger partial charge in [0.1, 0.15) is 19.0 Å². The Balaban J connectivity index is 1.36. The van der Waals surface area contributed by atoms with E-state index in [1.54, 1.807) is 43.5 Å². The molecule has 3 heterocycles. The van der Waals surface area contributed by atoms with E-state index in [1.807, 2.05) is 24.0 Å².